The first-order valence-electron chi connectivity index (χ1n) is 9.00. The van der Waals surface area contributed by atoms with Crippen molar-refractivity contribution in [2.75, 3.05) is 37.0 Å². The zero-order chi connectivity index (χ0) is 19.9. The topological polar surface area (TPSA) is 96.4 Å². The predicted octanol–water partition coefficient (Wildman–Crippen LogP) is 2.11. The van der Waals surface area contributed by atoms with E-state index in [1.807, 2.05) is 0 Å². The summed E-state index contributed by atoms with van der Waals surface area (Å²) < 4.78 is 5.16. The molecule has 1 saturated heterocycles. The van der Waals surface area contributed by atoms with Crippen LogP contribution in [0.1, 0.15) is 12.8 Å². The summed E-state index contributed by atoms with van der Waals surface area (Å²) in [4.78, 5) is 34.9. The fraction of sp³-hybridized carbons (Fsp3) is 0.368. The Morgan fingerprint density at radius 1 is 1.25 bits per heavy atom. The summed E-state index contributed by atoms with van der Waals surface area (Å²) in [5, 5.41) is 5.68. The maximum Gasteiger partial charge on any atom is 0.313 e. The van der Waals surface area contributed by atoms with Gasteiger partial charge in [0, 0.05) is 37.1 Å². The molecule has 2 aromatic rings. The van der Waals surface area contributed by atoms with E-state index >= 15 is 0 Å². The summed E-state index contributed by atoms with van der Waals surface area (Å²) >= 11 is 5.94. The van der Waals surface area contributed by atoms with Crippen molar-refractivity contribution in [2.24, 2.45) is 5.92 Å². The van der Waals surface area contributed by atoms with Gasteiger partial charge in [-0.1, -0.05) is 11.6 Å². The van der Waals surface area contributed by atoms with Gasteiger partial charge in [-0.15, -0.1) is 0 Å². The smallest absolute Gasteiger partial charge is 0.313 e. The summed E-state index contributed by atoms with van der Waals surface area (Å²) in [6, 6.07) is 4.80. The minimum Gasteiger partial charge on any atom is -0.495 e. The van der Waals surface area contributed by atoms with Gasteiger partial charge in [-0.3, -0.25) is 14.6 Å². The second-order valence-corrected chi connectivity index (χ2v) is 6.94. The number of benzene rings is 1. The molecule has 0 unspecified atom stereocenters. The molecule has 1 aromatic carbocycles. The molecule has 0 bridgehead atoms. The molecule has 2 amide bonds. The zero-order valence-corrected chi connectivity index (χ0v) is 16.3. The van der Waals surface area contributed by atoms with Gasteiger partial charge in [-0.05, 0) is 37.0 Å². The lowest BCUT2D eigenvalue weighted by atomic mass is 9.97. The molecule has 1 fully saturated rings. The van der Waals surface area contributed by atoms with E-state index < -0.39 is 11.8 Å². The Hall–Kier alpha value is -2.87. The summed E-state index contributed by atoms with van der Waals surface area (Å²) in [5.74, 6) is 0.170. The third-order valence-corrected chi connectivity index (χ3v) is 4.89. The minimum atomic E-state index is -0.752. The van der Waals surface area contributed by atoms with Crippen molar-refractivity contribution in [3.63, 3.8) is 0 Å². The van der Waals surface area contributed by atoms with E-state index in [9.17, 15) is 9.59 Å². The highest BCUT2D eigenvalue weighted by molar-refractivity contribution is 6.40. The van der Waals surface area contributed by atoms with Gasteiger partial charge < -0.3 is 20.3 Å². The number of methoxy groups -OCH3 is 1. The summed E-state index contributed by atoms with van der Waals surface area (Å²) in [5.41, 5.74) is 0.354. The van der Waals surface area contributed by atoms with Crippen LogP contribution in [0.4, 0.5) is 11.5 Å². The first-order valence-corrected chi connectivity index (χ1v) is 9.38. The van der Waals surface area contributed by atoms with Crippen LogP contribution in [0.2, 0.25) is 5.02 Å². The fourth-order valence-corrected chi connectivity index (χ4v) is 3.27. The number of hydrogen-bond donors (Lipinski definition) is 2. The molecule has 3 rings (SSSR count). The van der Waals surface area contributed by atoms with E-state index in [1.165, 1.54) is 13.2 Å². The number of nitrogens with zero attached hydrogens (tertiary/aromatic N) is 3. The number of amides is 2. The van der Waals surface area contributed by atoms with E-state index in [4.69, 9.17) is 16.3 Å². The number of ether oxygens (including phenoxy) is 1. The first kappa shape index (κ1) is 19.9. The molecule has 28 heavy (non-hydrogen) atoms. The van der Waals surface area contributed by atoms with Crippen molar-refractivity contribution < 1.29 is 14.3 Å². The Labute approximate surface area is 168 Å². The Kier molecular flexibility index (Phi) is 6.65. The van der Waals surface area contributed by atoms with Gasteiger partial charge in [0.2, 0.25) is 0 Å². The molecule has 1 aliphatic rings. The maximum absolute atomic E-state index is 12.2. The Morgan fingerprint density at radius 3 is 2.71 bits per heavy atom. The van der Waals surface area contributed by atoms with E-state index in [0.29, 0.717) is 28.9 Å². The largest absolute Gasteiger partial charge is 0.495 e. The minimum absolute atomic E-state index is 0.311. The summed E-state index contributed by atoms with van der Waals surface area (Å²) in [6.07, 6.45) is 6.88. The summed E-state index contributed by atoms with van der Waals surface area (Å²) in [6.45, 7) is 2.13. The molecule has 0 radical (unpaired) electrons. The number of hydrogen-bond acceptors (Lipinski definition) is 6. The number of carbonyl (C=O) groups excluding carboxylic acids is 2. The number of nitrogens with one attached hydrogen (secondary N) is 2. The van der Waals surface area contributed by atoms with Gasteiger partial charge in [0.1, 0.15) is 11.6 Å². The Balaban J connectivity index is 1.46. The van der Waals surface area contributed by atoms with Crippen LogP contribution in [-0.2, 0) is 9.59 Å². The number of halogens is 1. The average Bonchev–Trinajstić information content (AvgIpc) is 2.73. The van der Waals surface area contributed by atoms with Crippen molar-refractivity contribution in [3.05, 3.63) is 41.8 Å². The van der Waals surface area contributed by atoms with E-state index in [0.717, 1.165) is 31.7 Å². The average molecular weight is 404 g/mol. The van der Waals surface area contributed by atoms with Crippen molar-refractivity contribution in [1.82, 2.24) is 15.3 Å². The van der Waals surface area contributed by atoms with Gasteiger partial charge in [-0.25, -0.2) is 4.98 Å². The fourth-order valence-electron chi connectivity index (χ4n) is 3.09. The molecule has 0 aliphatic carbocycles. The molecule has 148 valence electrons. The van der Waals surface area contributed by atoms with Gasteiger partial charge in [0.25, 0.3) is 0 Å². The van der Waals surface area contributed by atoms with Crippen LogP contribution >= 0.6 is 11.6 Å². The number of rotatable bonds is 5. The molecule has 0 saturated carbocycles. The van der Waals surface area contributed by atoms with Crippen LogP contribution in [0.3, 0.4) is 0 Å². The standard InChI is InChI=1S/C19H22ClN5O3/c1-28-16-3-2-14(20)10-15(16)24-19(27)18(26)23-11-13-4-8-25(9-5-13)17-12-21-6-7-22-17/h2-3,6-7,10,12-13H,4-5,8-9,11H2,1H3,(H,23,26)(H,24,27). The van der Waals surface area contributed by atoms with E-state index in [2.05, 4.69) is 25.5 Å². The molecule has 1 aromatic heterocycles. The lowest BCUT2D eigenvalue weighted by molar-refractivity contribution is -0.136. The van der Waals surface area contributed by atoms with Crippen LogP contribution in [0.25, 0.3) is 0 Å². The third kappa shape index (κ3) is 5.10. The van der Waals surface area contributed by atoms with Crippen LogP contribution in [0, 0.1) is 5.92 Å². The predicted molar refractivity (Wildman–Crippen MR) is 107 cm³/mol. The van der Waals surface area contributed by atoms with Crippen molar-refractivity contribution >= 4 is 34.9 Å². The molecule has 2 N–H and O–H groups in total. The second-order valence-electron chi connectivity index (χ2n) is 6.50. The van der Waals surface area contributed by atoms with E-state index in [1.54, 1.807) is 30.7 Å². The van der Waals surface area contributed by atoms with Gasteiger partial charge in [0.05, 0.1) is 19.0 Å². The van der Waals surface area contributed by atoms with Crippen LogP contribution < -0.4 is 20.3 Å². The van der Waals surface area contributed by atoms with Crippen LogP contribution in [0.5, 0.6) is 5.75 Å². The van der Waals surface area contributed by atoms with Crippen molar-refractivity contribution in [3.8, 4) is 5.75 Å². The number of piperidine rings is 1. The van der Waals surface area contributed by atoms with Crippen molar-refractivity contribution in [2.45, 2.75) is 12.8 Å². The van der Waals surface area contributed by atoms with Crippen LogP contribution in [-0.4, -0.2) is 48.5 Å². The first-order chi connectivity index (χ1) is 13.6. The van der Waals surface area contributed by atoms with Crippen LogP contribution in [0.15, 0.2) is 36.8 Å². The lowest BCUT2D eigenvalue weighted by Gasteiger charge is -2.32. The van der Waals surface area contributed by atoms with Gasteiger partial charge in [0.15, 0.2) is 0 Å². The number of aromatic nitrogens is 2. The lowest BCUT2D eigenvalue weighted by Crippen LogP contribution is -2.42. The zero-order valence-electron chi connectivity index (χ0n) is 15.5. The molecule has 0 spiro atoms. The molecule has 0 atom stereocenters. The molecule has 2 heterocycles. The SMILES string of the molecule is COc1ccc(Cl)cc1NC(=O)C(=O)NCC1CCN(c2cnccn2)CC1. The van der Waals surface area contributed by atoms with Gasteiger partial charge in [-0.2, -0.15) is 0 Å². The van der Waals surface area contributed by atoms with Gasteiger partial charge >= 0.3 is 11.8 Å². The maximum atomic E-state index is 12.2. The normalized spacial score (nSPS) is 14.4. The molecular formula is C19H22ClN5O3. The highest BCUT2D eigenvalue weighted by atomic mass is 35.5. The van der Waals surface area contributed by atoms with Crippen molar-refractivity contribution in [1.29, 1.82) is 0 Å². The molecular weight excluding hydrogens is 382 g/mol. The highest BCUT2D eigenvalue weighted by Crippen LogP contribution is 2.27. The Morgan fingerprint density at radius 2 is 2.04 bits per heavy atom. The molecule has 9 heteroatoms. The monoisotopic (exact) mass is 403 g/mol. The van der Waals surface area contributed by atoms with E-state index in [-0.39, 0.29) is 0 Å². The molecule has 8 nitrogen and oxygen atoms in total. The number of carbonyl (C=O) groups is 2. The highest BCUT2D eigenvalue weighted by Gasteiger charge is 2.22. The number of anilines is 2. The second kappa shape index (κ2) is 9.36. The third-order valence-electron chi connectivity index (χ3n) is 4.66. The quantitative estimate of drug-likeness (QED) is 0.742. The summed E-state index contributed by atoms with van der Waals surface area (Å²) in [7, 11) is 1.48. The molecule has 1 aliphatic heterocycles. The Bertz CT molecular complexity index is 826.